The van der Waals surface area contributed by atoms with Crippen LogP contribution in [-0.4, -0.2) is 51.9 Å². The van der Waals surface area contributed by atoms with Crippen molar-refractivity contribution in [2.45, 2.75) is 29.3 Å². The number of nitrogens with two attached hydrogens (primary N) is 3. The standard InChI is InChI=1S/C19H23N9O4S2/c1-10(7-20)28-34(31,32)14-6-5-11(12-3-2-4-13-17(12)26-15(8-21)25-13)16(18(14)33(22,29)30)19-23-9-24-27-19/h2-6,10,28H,7-9,20-21H2,1H3,(H,25,26)(H2,22,29,30)/t10-/m1/s1. The number of rotatable bonds is 8. The fraction of sp³-hybridized carbons (Fsp3) is 0.263. The van der Waals surface area contributed by atoms with Crippen LogP contribution in [0.25, 0.3) is 22.2 Å². The fourth-order valence-electron chi connectivity index (χ4n) is 3.64. The summed E-state index contributed by atoms with van der Waals surface area (Å²) in [5.41, 5.74) is 13.2. The Labute approximate surface area is 195 Å². The summed E-state index contributed by atoms with van der Waals surface area (Å²) in [4.78, 5) is 10.5. The van der Waals surface area contributed by atoms with Gasteiger partial charge >= 0.3 is 0 Å². The maximum Gasteiger partial charge on any atom is 0.242 e. The molecule has 0 radical (unpaired) electrons. The van der Waals surface area contributed by atoms with Gasteiger partial charge in [0.25, 0.3) is 0 Å². The third-order valence-corrected chi connectivity index (χ3v) is 7.88. The van der Waals surface area contributed by atoms with E-state index in [1.165, 1.54) is 12.1 Å². The van der Waals surface area contributed by atoms with Crippen molar-refractivity contribution in [2.24, 2.45) is 31.8 Å². The molecule has 2 aromatic carbocycles. The van der Waals surface area contributed by atoms with Crippen LogP contribution in [0.3, 0.4) is 0 Å². The summed E-state index contributed by atoms with van der Waals surface area (Å²) in [7, 11) is -8.93. The van der Waals surface area contributed by atoms with Gasteiger partial charge < -0.3 is 16.5 Å². The molecule has 0 bridgehead atoms. The molecular weight excluding hydrogens is 482 g/mol. The van der Waals surface area contributed by atoms with Gasteiger partial charge in [-0.2, -0.15) is 5.11 Å². The van der Waals surface area contributed by atoms with Crippen LogP contribution in [0.1, 0.15) is 18.3 Å². The minimum Gasteiger partial charge on any atom is -0.341 e. The average Bonchev–Trinajstić information content (AvgIpc) is 3.46. The first-order chi connectivity index (χ1) is 16.1. The molecule has 1 aliphatic heterocycles. The normalized spacial score (nSPS) is 15.1. The van der Waals surface area contributed by atoms with Crippen LogP contribution in [0.4, 0.5) is 0 Å². The van der Waals surface area contributed by atoms with Gasteiger partial charge in [0.2, 0.25) is 20.0 Å². The van der Waals surface area contributed by atoms with Crippen molar-refractivity contribution in [2.75, 3.05) is 13.2 Å². The molecule has 1 aliphatic rings. The Morgan fingerprint density at radius 3 is 2.50 bits per heavy atom. The number of nitrogens with one attached hydrogen (secondary N) is 2. The van der Waals surface area contributed by atoms with Crippen molar-refractivity contribution in [3.8, 4) is 11.1 Å². The minimum atomic E-state index is -4.59. The van der Waals surface area contributed by atoms with Gasteiger partial charge in [-0.15, -0.1) is 5.11 Å². The molecule has 15 heteroatoms. The maximum atomic E-state index is 13.1. The number of benzene rings is 2. The Morgan fingerprint density at radius 2 is 1.88 bits per heavy atom. The molecule has 0 spiro atoms. The van der Waals surface area contributed by atoms with Crippen molar-refractivity contribution in [3.63, 3.8) is 0 Å². The number of primary sulfonamides is 1. The number of fused-ring (bicyclic) bond motifs is 1. The van der Waals surface area contributed by atoms with Gasteiger partial charge in [0.05, 0.1) is 23.1 Å². The van der Waals surface area contributed by atoms with E-state index in [-0.39, 0.29) is 31.2 Å². The first kappa shape index (κ1) is 24.1. The molecule has 2 heterocycles. The third kappa shape index (κ3) is 4.36. The van der Waals surface area contributed by atoms with E-state index < -0.39 is 35.9 Å². The van der Waals surface area contributed by atoms with Crippen molar-refractivity contribution in [1.29, 1.82) is 0 Å². The highest BCUT2D eigenvalue weighted by Gasteiger charge is 2.33. The number of amidine groups is 1. The number of imidazole rings is 1. The van der Waals surface area contributed by atoms with E-state index in [1.54, 1.807) is 25.1 Å². The zero-order chi connectivity index (χ0) is 24.7. The van der Waals surface area contributed by atoms with Gasteiger partial charge in [-0.1, -0.05) is 18.2 Å². The Morgan fingerprint density at radius 1 is 1.12 bits per heavy atom. The van der Waals surface area contributed by atoms with Crippen molar-refractivity contribution < 1.29 is 16.8 Å². The Kier molecular flexibility index (Phi) is 6.32. The first-order valence-electron chi connectivity index (χ1n) is 10.1. The fourth-order valence-corrected chi connectivity index (χ4v) is 6.49. The monoisotopic (exact) mass is 505 g/mol. The highest BCUT2D eigenvalue weighted by molar-refractivity contribution is 7.92. The van der Waals surface area contributed by atoms with Crippen LogP contribution in [0.2, 0.25) is 0 Å². The Bertz CT molecular complexity index is 1540. The van der Waals surface area contributed by atoms with Crippen LogP contribution < -0.4 is 21.3 Å². The van der Waals surface area contributed by atoms with Crippen LogP contribution in [0, 0.1) is 0 Å². The van der Waals surface area contributed by atoms with Gasteiger partial charge in [-0.3, -0.25) is 0 Å². The van der Waals surface area contributed by atoms with Gasteiger partial charge in [0.15, 0.2) is 12.5 Å². The second-order valence-electron chi connectivity index (χ2n) is 7.57. The number of sulfonamides is 2. The van der Waals surface area contributed by atoms with E-state index in [0.717, 1.165) is 0 Å². The van der Waals surface area contributed by atoms with E-state index in [2.05, 4.69) is 29.9 Å². The summed E-state index contributed by atoms with van der Waals surface area (Å²) in [6.07, 6.45) is 0. The second kappa shape index (κ2) is 8.94. The summed E-state index contributed by atoms with van der Waals surface area (Å²) in [5, 5.41) is 13.3. The maximum absolute atomic E-state index is 13.1. The molecular formula is C19H23N9O4S2. The summed E-state index contributed by atoms with van der Waals surface area (Å²) < 4.78 is 54.3. The quantitative estimate of drug-likeness (QED) is 0.284. The molecule has 0 saturated heterocycles. The highest BCUT2D eigenvalue weighted by atomic mass is 32.2. The molecule has 8 N–H and O–H groups in total. The number of aromatic amines is 1. The minimum absolute atomic E-state index is 0.000430. The molecule has 0 aliphatic carbocycles. The first-order valence-corrected chi connectivity index (χ1v) is 13.1. The zero-order valence-electron chi connectivity index (χ0n) is 18.1. The summed E-state index contributed by atoms with van der Waals surface area (Å²) >= 11 is 0. The third-order valence-electron chi connectivity index (χ3n) is 5.12. The number of azo groups is 1. The predicted molar refractivity (Wildman–Crippen MR) is 126 cm³/mol. The molecule has 0 amide bonds. The van der Waals surface area contributed by atoms with Gasteiger partial charge in [-0.05, 0) is 24.6 Å². The van der Waals surface area contributed by atoms with Gasteiger partial charge in [0, 0.05) is 18.2 Å². The molecule has 1 atom stereocenters. The largest absolute Gasteiger partial charge is 0.341 e. The van der Waals surface area contributed by atoms with Gasteiger partial charge in [-0.25, -0.2) is 36.7 Å². The summed E-state index contributed by atoms with van der Waals surface area (Å²) in [6.45, 7) is 1.67. The SMILES string of the molecule is C[C@H](CN)NS(=O)(=O)c1ccc(-c2cccc3[nH]c(CN)nc23)c(C2=NCN=N2)c1S(N)(=O)=O. The van der Waals surface area contributed by atoms with Crippen LogP contribution in [0.5, 0.6) is 0 Å². The molecule has 0 fully saturated rings. The number of aliphatic imine (C=N–C) groups is 1. The average molecular weight is 506 g/mol. The van der Waals surface area contributed by atoms with Crippen molar-refractivity contribution in [1.82, 2.24) is 14.7 Å². The lowest BCUT2D eigenvalue weighted by atomic mass is 9.97. The number of aromatic nitrogens is 2. The van der Waals surface area contributed by atoms with Crippen LogP contribution in [0.15, 0.2) is 55.3 Å². The molecule has 13 nitrogen and oxygen atoms in total. The molecule has 34 heavy (non-hydrogen) atoms. The number of H-pyrrole nitrogens is 1. The van der Waals surface area contributed by atoms with E-state index in [1.807, 2.05) is 0 Å². The van der Waals surface area contributed by atoms with Crippen molar-refractivity contribution in [3.05, 3.63) is 41.7 Å². The van der Waals surface area contributed by atoms with E-state index >= 15 is 0 Å². The molecule has 1 aromatic heterocycles. The lowest BCUT2D eigenvalue weighted by molar-refractivity contribution is 0.557. The van der Waals surface area contributed by atoms with Gasteiger partial charge in [0.1, 0.15) is 15.6 Å². The van der Waals surface area contributed by atoms with Crippen LogP contribution in [-0.2, 0) is 26.6 Å². The smallest absolute Gasteiger partial charge is 0.242 e. The Hall–Kier alpha value is -3.08. The summed E-state index contributed by atoms with van der Waals surface area (Å²) in [6, 6.07) is 7.22. The van der Waals surface area contributed by atoms with E-state index in [9.17, 15) is 16.8 Å². The van der Waals surface area contributed by atoms with Crippen LogP contribution >= 0.6 is 0 Å². The predicted octanol–water partition coefficient (Wildman–Crippen LogP) is 0.131. The topological polar surface area (TPSA) is 224 Å². The van der Waals surface area contributed by atoms with E-state index in [0.29, 0.717) is 28.0 Å². The Balaban J connectivity index is 2.10. The zero-order valence-corrected chi connectivity index (χ0v) is 19.7. The number of hydrogen-bond acceptors (Lipinski definition) is 10. The molecule has 0 saturated carbocycles. The van der Waals surface area contributed by atoms with Crippen molar-refractivity contribution >= 4 is 36.9 Å². The number of nitrogens with zero attached hydrogens (tertiary/aromatic N) is 4. The number of hydrogen-bond donors (Lipinski definition) is 5. The molecule has 0 unspecified atom stereocenters. The second-order valence-corrected chi connectivity index (χ2v) is 10.8. The lowest BCUT2D eigenvalue weighted by Gasteiger charge is -2.19. The molecule has 3 aromatic rings. The molecule has 4 rings (SSSR count). The lowest BCUT2D eigenvalue weighted by Crippen LogP contribution is -2.38. The highest BCUT2D eigenvalue weighted by Crippen LogP contribution is 2.37. The van der Waals surface area contributed by atoms with E-state index in [4.69, 9.17) is 16.6 Å². The molecule has 180 valence electrons. The number of para-hydroxylation sites is 1. The summed E-state index contributed by atoms with van der Waals surface area (Å²) in [5.74, 6) is 0.460.